The maximum Gasteiger partial charge on any atom is 0.164 e. The molecule has 0 atom stereocenters. The van der Waals surface area contributed by atoms with Gasteiger partial charge in [-0.1, -0.05) is 152 Å². The largest absolute Gasteiger partial charge is 0.208 e. The maximum absolute atomic E-state index is 5.02. The third-order valence-electron chi connectivity index (χ3n) is 8.89. The van der Waals surface area contributed by atoms with Gasteiger partial charge in [0.15, 0.2) is 17.5 Å². The number of aromatic nitrogens is 3. The lowest BCUT2D eigenvalue weighted by Gasteiger charge is -2.17. The molecule has 0 unspecified atom stereocenters. The van der Waals surface area contributed by atoms with Gasteiger partial charge >= 0.3 is 0 Å². The fourth-order valence-corrected chi connectivity index (χ4v) is 6.52. The number of benzene rings is 6. The molecule has 0 spiro atoms. The number of hydrogen-bond donors (Lipinski definition) is 0. The Morgan fingerprint density at radius 3 is 1.72 bits per heavy atom. The molecule has 0 saturated heterocycles. The lowest BCUT2D eigenvalue weighted by molar-refractivity contribution is 1.04. The molecule has 0 saturated carbocycles. The molecular formula is C44H33N3. The first-order valence-electron chi connectivity index (χ1n) is 16.2. The molecule has 1 aromatic heterocycles. The Kier molecular flexibility index (Phi) is 7.56. The van der Waals surface area contributed by atoms with E-state index >= 15 is 0 Å². The van der Waals surface area contributed by atoms with Gasteiger partial charge in [-0.15, -0.1) is 0 Å². The quantitative estimate of drug-likeness (QED) is 0.190. The van der Waals surface area contributed by atoms with Crippen LogP contribution in [0.1, 0.15) is 24.0 Å². The monoisotopic (exact) mass is 603 g/mol. The molecule has 0 N–H and O–H groups in total. The zero-order valence-electron chi connectivity index (χ0n) is 26.3. The lowest BCUT2D eigenvalue weighted by Crippen LogP contribution is -2.00. The summed E-state index contributed by atoms with van der Waals surface area (Å²) in [6, 6.07) is 49.0. The number of allylic oxidation sites excluding steroid dienone is 4. The smallest absolute Gasteiger partial charge is 0.164 e. The Labute approximate surface area is 275 Å². The van der Waals surface area contributed by atoms with Crippen molar-refractivity contribution in [1.82, 2.24) is 15.0 Å². The molecule has 1 heterocycles. The summed E-state index contributed by atoms with van der Waals surface area (Å²) in [5.74, 6) is 1.96. The first-order valence-corrected chi connectivity index (χ1v) is 16.2. The minimum Gasteiger partial charge on any atom is -0.208 e. The molecule has 0 fully saturated rings. The van der Waals surface area contributed by atoms with E-state index in [1.54, 1.807) is 0 Å². The fraction of sp³-hybridized carbons (Fsp3) is 0.0682. The number of rotatable bonds is 6. The van der Waals surface area contributed by atoms with E-state index < -0.39 is 0 Å². The topological polar surface area (TPSA) is 38.7 Å². The van der Waals surface area contributed by atoms with Crippen LogP contribution in [0.25, 0.3) is 72.8 Å². The second-order valence-corrected chi connectivity index (χ2v) is 12.0. The molecule has 3 nitrogen and oxygen atoms in total. The van der Waals surface area contributed by atoms with Crippen molar-refractivity contribution in [3.05, 3.63) is 169 Å². The van der Waals surface area contributed by atoms with E-state index in [0.29, 0.717) is 17.5 Å². The van der Waals surface area contributed by atoms with Crippen molar-refractivity contribution < 1.29 is 0 Å². The van der Waals surface area contributed by atoms with E-state index in [2.05, 4.69) is 104 Å². The number of nitrogens with zero attached hydrogens (tertiary/aromatic N) is 3. The van der Waals surface area contributed by atoms with Crippen molar-refractivity contribution in [2.45, 2.75) is 19.8 Å². The molecular weight excluding hydrogens is 571 g/mol. The van der Waals surface area contributed by atoms with Crippen LogP contribution in [0, 0.1) is 6.92 Å². The molecule has 1 aliphatic carbocycles. The average Bonchev–Trinajstić information content (AvgIpc) is 3.15. The third-order valence-corrected chi connectivity index (χ3v) is 8.89. The second-order valence-electron chi connectivity index (χ2n) is 12.0. The molecule has 0 bridgehead atoms. The Hall–Kier alpha value is -5.93. The summed E-state index contributed by atoms with van der Waals surface area (Å²) in [6.07, 6.45) is 9.05. The standard InChI is InChI=1S/C44H33N3/c1-30-13-11-20-34-27-28-39(33-25-23-32(24-26-33)31-14-5-2-6-15-31)41(40(30)34)37-21-12-22-38(29-37)44-46-42(35-16-7-3-8-17-35)45-43(47-44)36-18-9-4-10-19-36/h3-5,7-29H,2,6H2,1H3. The van der Waals surface area contributed by atoms with Crippen molar-refractivity contribution in [2.75, 3.05) is 0 Å². The molecule has 224 valence electrons. The van der Waals surface area contributed by atoms with Gasteiger partial charge in [-0.05, 0) is 75.6 Å². The molecule has 6 aromatic carbocycles. The molecule has 0 radical (unpaired) electrons. The molecule has 8 rings (SSSR count). The van der Waals surface area contributed by atoms with Gasteiger partial charge in [0.1, 0.15) is 0 Å². The van der Waals surface area contributed by atoms with Gasteiger partial charge in [-0.2, -0.15) is 0 Å². The first kappa shape index (κ1) is 28.5. The second kappa shape index (κ2) is 12.5. The van der Waals surface area contributed by atoms with Crippen molar-refractivity contribution >= 4 is 16.3 Å². The van der Waals surface area contributed by atoms with E-state index in [1.165, 1.54) is 44.2 Å². The van der Waals surface area contributed by atoms with Crippen LogP contribution >= 0.6 is 0 Å². The summed E-state index contributed by atoms with van der Waals surface area (Å²) in [6.45, 7) is 2.20. The van der Waals surface area contributed by atoms with Crippen molar-refractivity contribution in [2.24, 2.45) is 0 Å². The van der Waals surface area contributed by atoms with Gasteiger partial charge in [-0.25, -0.2) is 15.0 Å². The molecule has 3 heteroatoms. The van der Waals surface area contributed by atoms with Gasteiger partial charge in [-0.3, -0.25) is 0 Å². The van der Waals surface area contributed by atoms with Crippen LogP contribution < -0.4 is 0 Å². The summed E-state index contributed by atoms with van der Waals surface area (Å²) in [4.78, 5) is 14.9. The van der Waals surface area contributed by atoms with Gasteiger partial charge in [0.25, 0.3) is 0 Å². The van der Waals surface area contributed by atoms with Gasteiger partial charge in [0.2, 0.25) is 0 Å². The summed E-state index contributed by atoms with van der Waals surface area (Å²) in [7, 11) is 0. The van der Waals surface area contributed by atoms with E-state index in [9.17, 15) is 0 Å². The zero-order valence-corrected chi connectivity index (χ0v) is 26.3. The van der Waals surface area contributed by atoms with Crippen molar-refractivity contribution in [3.63, 3.8) is 0 Å². The molecule has 1 aliphatic rings. The van der Waals surface area contributed by atoms with E-state index in [-0.39, 0.29) is 0 Å². The van der Waals surface area contributed by atoms with Gasteiger partial charge in [0.05, 0.1) is 0 Å². The van der Waals surface area contributed by atoms with Crippen LogP contribution in [0.15, 0.2) is 158 Å². The van der Waals surface area contributed by atoms with Gasteiger partial charge in [0, 0.05) is 16.7 Å². The molecule has 47 heavy (non-hydrogen) atoms. The summed E-state index contributed by atoms with van der Waals surface area (Å²) >= 11 is 0. The first-order chi connectivity index (χ1) is 23.2. The predicted molar refractivity (Wildman–Crippen MR) is 196 cm³/mol. The summed E-state index contributed by atoms with van der Waals surface area (Å²) in [5.41, 5.74) is 11.4. The van der Waals surface area contributed by atoms with Crippen LogP contribution in [0.5, 0.6) is 0 Å². The Balaban J connectivity index is 1.29. The Morgan fingerprint density at radius 1 is 0.468 bits per heavy atom. The molecule has 0 amide bonds. The van der Waals surface area contributed by atoms with Crippen LogP contribution in [-0.2, 0) is 0 Å². The van der Waals surface area contributed by atoms with Crippen LogP contribution in [0.2, 0.25) is 0 Å². The van der Waals surface area contributed by atoms with Gasteiger partial charge < -0.3 is 0 Å². The summed E-state index contributed by atoms with van der Waals surface area (Å²) < 4.78 is 0. The highest BCUT2D eigenvalue weighted by molar-refractivity contribution is 6.06. The van der Waals surface area contributed by atoms with Crippen LogP contribution in [-0.4, -0.2) is 15.0 Å². The zero-order chi connectivity index (χ0) is 31.6. The van der Waals surface area contributed by atoms with E-state index in [0.717, 1.165) is 35.1 Å². The Bertz CT molecular complexity index is 2220. The minimum absolute atomic E-state index is 0.649. The van der Waals surface area contributed by atoms with E-state index in [1.807, 2.05) is 60.7 Å². The van der Waals surface area contributed by atoms with Crippen molar-refractivity contribution in [3.8, 4) is 56.4 Å². The normalized spacial score (nSPS) is 12.7. The average molecular weight is 604 g/mol. The fourth-order valence-electron chi connectivity index (χ4n) is 6.52. The van der Waals surface area contributed by atoms with E-state index in [4.69, 9.17) is 15.0 Å². The number of hydrogen-bond acceptors (Lipinski definition) is 3. The van der Waals surface area contributed by atoms with Crippen LogP contribution in [0.3, 0.4) is 0 Å². The third kappa shape index (κ3) is 5.69. The summed E-state index contributed by atoms with van der Waals surface area (Å²) in [5, 5.41) is 2.48. The molecule has 7 aromatic rings. The number of aryl methyl sites for hydroxylation is 1. The maximum atomic E-state index is 5.02. The Morgan fingerprint density at radius 2 is 1.06 bits per heavy atom. The SMILES string of the molecule is Cc1cccc2ccc(-c3ccc(C4=CCCC=C4)cc3)c(-c3cccc(-c4nc(-c5ccccc5)nc(-c5ccccc5)n4)c3)c12. The predicted octanol–water partition coefficient (Wildman–Crippen LogP) is 11.4. The minimum atomic E-state index is 0.649. The highest BCUT2D eigenvalue weighted by Crippen LogP contribution is 2.41. The van der Waals surface area contributed by atoms with Crippen molar-refractivity contribution in [1.29, 1.82) is 0 Å². The van der Waals surface area contributed by atoms with Crippen LogP contribution in [0.4, 0.5) is 0 Å². The highest BCUT2D eigenvalue weighted by atomic mass is 15.0. The number of fused-ring (bicyclic) bond motifs is 1. The highest BCUT2D eigenvalue weighted by Gasteiger charge is 2.17. The molecule has 0 aliphatic heterocycles. The lowest BCUT2D eigenvalue weighted by atomic mass is 9.87.